The van der Waals surface area contributed by atoms with Gasteiger partial charge in [-0.15, -0.1) is 0 Å². The average Bonchev–Trinajstić information content (AvgIpc) is 1.62. The number of ketones is 3. The third-order valence-electron chi connectivity index (χ3n) is 33.5. The Morgan fingerprint density at radius 1 is 0.376 bits per heavy atom. The van der Waals surface area contributed by atoms with Gasteiger partial charge in [-0.05, 0) is 331 Å². The molecule has 0 heterocycles. The van der Waals surface area contributed by atoms with E-state index in [0.717, 1.165) is 162 Å². The molecular weight excluding hydrogens is 1250 g/mol. The summed E-state index contributed by atoms with van der Waals surface area (Å²) in [6, 6.07) is 12.0. The molecule has 2 aromatic rings. The molecule has 2 aromatic carbocycles. The molecule has 0 spiro atoms. The molecule has 0 saturated heterocycles. The Morgan fingerprint density at radius 2 is 0.772 bits per heavy atom. The number of aromatic hydroxyl groups is 2. The fourth-order valence-corrected chi connectivity index (χ4v) is 27.2. The lowest BCUT2D eigenvalue weighted by Crippen LogP contribution is -2.50. The van der Waals surface area contributed by atoms with E-state index in [4.69, 9.17) is 10.8 Å². The molecular formula is C92H138N2O7. The van der Waals surface area contributed by atoms with Crippen LogP contribution in [0.2, 0.25) is 0 Å². The predicted octanol–water partition coefficient (Wildman–Crippen LogP) is 22.8. The summed E-state index contributed by atoms with van der Waals surface area (Å²) in [5.74, 6) is 14.3. The van der Waals surface area contributed by atoms with Gasteiger partial charge in [-0.1, -0.05) is 162 Å². The number of aliphatic hydroxyl groups excluding tert-OH is 2. The summed E-state index contributed by atoms with van der Waals surface area (Å²) in [6.07, 6.45) is 56.1. The molecule has 101 heavy (non-hydrogen) atoms. The van der Waals surface area contributed by atoms with Gasteiger partial charge < -0.3 is 20.4 Å². The molecule has 12 unspecified atom stereocenters. The van der Waals surface area contributed by atoms with Crippen molar-refractivity contribution in [2.24, 2.45) is 109 Å². The number of benzene rings is 2. The summed E-state index contributed by atoms with van der Waals surface area (Å²) < 4.78 is 0. The number of nitrogens with zero attached hydrogens (tertiary/aromatic N) is 2. The van der Waals surface area contributed by atoms with Gasteiger partial charge in [0.25, 0.3) is 0 Å². The summed E-state index contributed by atoms with van der Waals surface area (Å²) in [6.45, 7) is 21.3. The van der Waals surface area contributed by atoms with Crippen molar-refractivity contribution in [3.8, 4) is 11.5 Å². The van der Waals surface area contributed by atoms with E-state index >= 15 is 0 Å². The van der Waals surface area contributed by atoms with Gasteiger partial charge in [0.1, 0.15) is 28.8 Å². The second-order valence-corrected chi connectivity index (χ2v) is 39.0. The fourth-order valence-electron chi connectivity index (χ4n) is 27.2. The van der Waals surface area contributed by atoms with Crippen LogP contribution in [-0.4, -0.2) is 50.0 Å². The zero-order chi connectivity index (χ0) is 71.8. The van der Waals surface area contributed by atoms with Crippen LogP contribution in [0.5, 0.6) is 11.5 Å². The highest BCUT2D eigenvalue weighted by atomic mass is 16.3. The van der Waals surface area contributed by atoms with Crippen molar-refractivity contribution in [2.45, 2.75) is 350 Å². The second-order valence-electron chi connectivity index (χ2n) is 39.0. The Hall–Kier alpha value is -4.13. The molecule has 17 aliphatic carbocycles. The monoisotopic (exact) mass is 1380 g/mol. The Labute approximate surface area is 612 Å². The highest BCUT2D eigenvalue weighted by Crippen LogP contribution is 2.68. The quantitative estimate of drug-likeness (QED) is 0.147. The number of Topliss-reactive ketones (excluding diaryl/α,β-unsaturated/α-hetero) is 3. The number of hydrogen-bond acceptors (Lipinski definition) is 9. The van der Waals surface area contributed by atoms with E-state index in [1.165, 1.54) is 176 Å². The van der Waals surface area contributed by atoms with E-state index in [-0.39, 0.29) is 23.0 Å². The van der Waals surface area contributed by atoms with Gasteiger partial charge in [-0.25, -0.2) is 0 Å². The van der Waals surface area contributed by atoms with Crippen LogP contribution >= 0.6 is 0 Å². The first-order chi connectivity index (χ1) is 48.3. The van der Waals surface area contributed by atoms with Crippen molar-refractivity contribution in [3.05, 3.63) is 82.0 Å². The first-order valence-electron chi connectivity index (χ1n) is 42.5. The molecule has 19 rings (SSSR count). The van der Waals surface area contributed by atoms with Crippen molar-refractivity contribution in [2.75, 3.05) is 0 Å². The second kappa shape index (κ2) is 31.7. The standard InChI is InChI=1S/C19H28O2.C19H30O.C18H22O2.C18H24O.C6H10O.2C6H12.N2/c1-18-9-7-13(20)11-12(18)3-4-14-15-5-6-17(21)19(15,2)10-8-16(14)18;1-18-9-3-4-16(18)15-6-5-13-12-14(20)7-11-19(13,2)17(15)8-10-18;1-18-9-8-14-13-5-3-12(19)10-11(13)2-4-15(14)16(18)6-7-17(18)20;1-18-9-2-3-17(18)16-6-4-12-11-13(19)5-7-14(12)15(16)8-10-18;1-5-3-2-4-6(5)7;2*1-6-4-2-3-5-6;1-2/h3,13-16,20H,4-11H2,1-2H3;5,14-17,20H,3-4,6-12H2,1-2H3;3,5,10,14-16,19H,2,4,6-9H2,1H3;5,7,11,15-17,19H,2-4,6,8-10H2,1H3;5H,2-4H2,1H3;2*6H,2-5H2,1H3;/t13-,14?,15?,16?,18-,19-;14-,15?,16?,17?,18-,19-;14?,15?,16?,18-;15?,16?,17?,18-;5-;;;/m00001.../s1. The lowest BCUT2D eigenvalue weighted by atomic mass is 9.48. The van der Waals surface area contributed by atoms with Gasteiger partial charge in [0.2, 0.25) is 0 Å². The molecule has 9 heteroatoms. The van der Waals surface area contributed by atoms with E-state index in [2.05, 4.69) is 79.7 Å². The highest BCUT2D eigenvalue weighted by Gasteiger charge is 2.60. The van der Waals surface area contributed by atoms with Gasteiger partial charge in [0.05, 0.1) is 12.2 Å². The number of phenolic OH excluding ortho intramolecular Hbond substituents is 2. The molecule has 13 fully saturated rings. The maximum Gasteiger partial charge on any atom is 0.139 e. The minimum atomic E-state index is -0.122. The normalized spacial score (nSPS) is 42.3. The SMILES string of the molecule is CC1CCCC1.CC1CCCC1.C[C@@H]1CCCC1=O.C[C@@]12CCCC1C1CC=C3C[C@@H](O)CC[C@]3(C)C1CC2.C[C@@]12CCCC1C1CCc3cc(O)ccc3C1CC2.C[C@]12CCC3c4ccc(O)cc4CCC3C1CCC2=O.C[C@]12CC[C@H](O)CC1=CCC1C2CC[C@]2(C)C(=O)CCC12.N#N. The third kappa shape index (κ3) is 15.4. The first-order valence-corrected chi connectivity index (χ1v) is 42.5. The lowest BCUT2D eigenvalue weighted by Gasteiger charge is -2.57. The number of hydrogen-bond donors (Lipinski definition) is 4. The van der Waals surface area contributed by atoms with Crippen LogP contribution < -0.4 is 0 Å². The van der Waals surface area contributed by atoms with Crippen molar-refractivity contribution in [3.63, 3.8) is 0 Å². The first kappa shape index (κ1) is 76.5. The fraction of sp³-hybridized carbons (Fsp3) is 0.793. The van der Waals surface area contributed by atoms with Gasteiger partial charge in [-0.3, -0.25) is 14.4 Å². The summed E-state index contributed by atoms with van der Waals surface area (Å²) in [5, 5.41) is 51.3. The minimum Gasteiger partial charge on any atom is -0.508 e. The van der Waals surface area contributed by atoms with Crippen LogP contribution in [0, 0.1) is 120 Å². The topological polar surface area (TPSA) is 180 Å². The molecule has 0 amide bonds. The molecule has 4 N–H and O–H groups in total. The molecule has 0 bridgehead atoms. The Morgan fingerprint density at radius 3 is 1.21 bits per heavy atom. The third-order valence-corrected chi connectivity index (χ3v) is 33.5. The van der Waals surface area contributed by atoms with Crippen LogP contribution in [0.25, 0.3) is 0 Å². The zero-order valence-electron chi connectivity index (χ0n) is 64.8. The van der Waals surface area contributed by atoms with Gasteiger partial charge >= 0.3 is 0 Å². The van der Waals surface area contributed by atoms with E-state index in [1.54, 1.807) is 11.1 Å². The molecule has 0 aromatic heterocycles. The predicted molar refractivity (Wildman–Crippen MR) is 407 cm³/mol. The number of aliphatic hydroxyl groups is 2. The Bertz CT molecular complexity index is 3280. The average molecular weight is 1380 g/mol. The molecule has 0 radical (unpaired) electrons. The maximum absolute atomic E-state index is 12.4. The Kier molecular flexibility index (Phi) is 24.0. The van der Waals surface area contributed by atoms with Crippen molar-refractivity contribution in [1.82, 2.24) is 0 Å². The van der Waals surface area contributed by atoms with Gasteiger partial charge in [-0.2, -0.15) is 0 Å². The van der Waals surface area contributed by atoms with Gasteiger partial charge in [0, 0.05) is 46.8 Å². The van der Waals surface area contributed by atoms with E-state index < -0.39 is 0 Å². The highest BCUT2D eigenvalue weighted by molar-refractivity contribution is 5.88. The van der Waals surface area contributed by atoms with Crippen molar-refractivity contribution < 1.29 is 34.8 Å². The number of aryl methyl sites for hydroxylation is 2. The van der Waals surface area contributed by atoms with Crippen LogP contribution in [0.15, 0.2) is 59.7 Å². The largest absolute Gasteiger partial charge is 0.508 e. The summed E-state index contributed by atoms with van der Waals surface area (Å²) in [4.78, 5) is 35.2. The summed E-state index contributed by atoms with van der Waals surface area (Å²) in [5.41, 5.74) is 10.9. The van der Waals surface area contributed by atoms with Gasteiger partial charge in [0.15, 0.2) is 0 Å². The summed E-state index contributed by atoms with van der Waals surface area (Å²) >= 11 is 0. The smallest absolute Gasteiger partial charge is 0.139 e. The van der Waals surface area contributed by atoms with Crippen LogP contribution in [0.1, 0.15) is 347 Å². The van der Waals surface area contributed by atoms with Crippen molar-refractivity contribution >= 4 is 17.3 Å². The number of carbonyl (C=O) groups is 3. The molecule has 17 aliphatic rings. The number of phenols is 2. The van der Waals surface area contributed by atoms with Crippen LogP contribution in [0.4, 0.5) is 0 Å². The van der Waals surface area contributed by atoms with Crippen LogP contribution in [-0.2, 0) is 27.2 Å². The molecule has 9 nitrogen and oxygen atoms in total. The van der Waals surface area contributed by atoms with E-state index in [1.807, 2.05) is 31.2 Å². The molecule has 13 saturated carbocycles. The molecule has 0 aliphatic heterocycles. The van der Waals surface area contributed by atoms with E-state index in [0.29, 0.717) is 86.0 Å². The van der Waals surface area contributed by atoms with Crippen molar-refractivity contribution in [1.29, 1.82) is 10.8 Å². The number of fused-ring (bicyclic) bond motifs is 20. The molecule has 21 atom stereocenters. The Balaban J connectivity index is 0.000000116. The number of rotatable bonds is 0. The zero-order valence-corrected chi connectivity index (χ0v) is 64.8. The van der Waals surface area contributed by atoms with E-state index in [9.17, 15) is 34.8 Å². The molecule has 558 valence electrons. The van der Waals surface area contributed by atoms with Crippen LogP contribution in [0.3, 0.4) is 0 Å². The minimum absolute atomic E-state index is 0.0168. The maximum atomic E-state index is 12.4. The number of carbonyl (C=O) groups excluding carboxylic acids is 3. The lowest BCUT2D eigenvalue weighted by molar-refractivity contribution is -0.132. The summed E-state index contributed by atoms with van der Waals surface area (Å²) in [7, 11) is 0. The number of allylic oxidation sites excluding steroid dienone is 2.